The van der Waals surface area contributed by atoms with Gasteiger partial charge in [0.2, 0.25) is 0 Å². The molecule has 0 bridgehead atoms. The smallest absolute Gasteiger partial charge is 0.140 e. The van der Waals surface area contributed by atoms with Crippen molar-refractivity contribution in [3.63, 3.8) is 0 Å². The summed E-state index contributed by atoms with van der Waals surface area (Å²) in [6.07, 6.45) is 1.63. The summed E-state index contributed by atoms with van der Waals surface area (Å²) < 4.78 is 18.0. The monoisotopic (exact) mass is 191 g/mol. The minimum absolute atomic E-state index is 0.0460. The fourth-order valence-electron chi connectivity index (χ4n) is 1.01. The summed E-state index contributed by atoms with van der Waals surface area (Å²) in [6, 6.07) is 6.13. The van der Waals surface area contributed by atoms with Crippen LogP contribution in [0.5, 0.6) is 0 Å². The van der Waals surface area contributed by atoms with Gasteiger partial charge in [-0.3, -0.25) is 0 Å². The zero-order valence-electron chi connectivity index (χ0n) is 7.66. The average molecular weight is 191 g/mol. The van der Waals surface area contributed by atoms with E-state index in [4.69, 9.17) is 10.00 Å². The first kappa shape index (κ1) is 10.4. The van der Waals surface area contributed by atoms with Crippen LogP contribution in [0.3, 0.4) is 0 Å². The molecule has 72 valence electrons. The van der Waals surface area contributed by atoms with E-state index in [0.717, 1.165) is 5.56 Å². The molecule has 0 fully saturated rings. The van der Waals surface area contributed by atoms with Crippen LogP contribution in [-0.2, 0) is 11.3 Å². The molecule has 3 heteroatoms. The van der Waals surface area contributed by atoms with Crippen molar-refractivity contribution < 1.29 is 9.13 Å². The molecule has 14 heavy (non-hydrogen) atoms. The van der Waals surface area contributed by atoms with Crippen molar-refractivity contribution in [3.05, 3.63) is 47.8 Å². The molecule has 0 aliphatic rings. The molecule has 0 radical (unpaired) electrons. The van der Waals surface area contributed by atoms with E-state index in [1.165, 1.54) is 12.1 Å². The molecule has 1 aromatic carbocycles. The summed E-state index contributed by atoms with van der Waals surface area (Å²) in [5.41, 5.74) is 0.828. The molecule has 0 amide bonds. The van der Waals surface area contributed by atoms with Crippen molar-refractivity contribution in [3.8, 4) is 6.07 Å². The van der Waals surface area contributed by atoms with Gasteiger partial charge in [-0.25, -0.2) is 4.39 Å². The van der Waals surface area contributed by atoms with E-state index in [9.17, 15) is 4.39 Å². The predicted octanol–water partition coefficient (Wildman–Crippen LogP) is 2.40. The Bertz CT molecular complexity index is 368. The van der Waals surface area contributed by atoms with Gasteiger partial charge in [-0.05, 0) is 17.7 Å². The Morgan fingerprint density at radius 2 is 2.36 bits per heavy atom. The summed E-state index contributed by atoms with van der Waals surface area (Å²) in [4.78, 5) is 0. The first-order chi connectivity index (χ1) is 6.77. The molecule has 0 heterocycles. The molecule has 0 saturated heterocycles. The fourth-order valence-corrected chi connectivity index (χ4v) is 1.01. The molecule has 0 aromatic heterocycles. The highest BCUT2D eigenvalue weighted by Gasteiger charge is 2.01. The van der Waals surface area contributed by atoms with Crippen LogP contribution in [0.15, 0.2) is 30.9 Å². The lowest BCUT2D eigenvalue weighted by atomic mass is 10.1. The third-order valence-corrected chi connectivity index (χ3v) is 1.66. The standard InChI is InChI=1S/C11H10FNO/c1-2-5-14-8-9-3-4-11(12)10(6-9)7-13/h2-4,6H,1,5,8H2. The van der Waals surface area contributed by atoms with Gasteiger partial charge in [-0.1, -0.05) is 12.1 Å². The molecule has 2 nitrogen and oxygen atoms in total. The summed E-state index contributed by atoms with van der Waals surface area (Å²) in [7, 11) is 0. The first-order valence-corrected chi connectivity index (χ1v) is 4.15. The van der Waals surface area contributed by atoms with Crippen molar-refractivity contribution in [2.45, 2.75) is 6.61 Å². The van der Waals surface area contributed by atoms with E-state index in [1.807, 2.05) is 0 Å². The van der Waals surface area contributed by atoms with Gasteiger partial charge in [-0.15, -0.1) is 6.58 Å². The van der Waals surface area contributed by atoms with Crippen LogP contribution >= 0.6 is 0 Å². The number of ether oxygens (including phenoxy) is 1. The minimum Gasteiger partial charge on any atom is -0.373 e. The van der Waals surface area contributed by atoms with Crippen LogP contribution in [0.25, 0.3) is 0 Å². The Morgan fingerprint density at radius 3 is 3.00 bits per heavy atom. The molecule has 1 rings (SSSR count). The van der Waals surface area contributed by atoms with E-state index >= 15 is 0 Å². The highest BCUT2D eigenvalue weighted by Crippen LogP contribution is 2.10. The lowest BCUT2D eigenvalue weighted by molar-refractivity contribution is 0.149. The van der Waals surface area contributed by atoms with Gasteiger partial charge < -0.3 is 4.74 Å². The summed E-state index contributed by atoms with van der Waals surface area (Å²) >= 11 is 0. The van der Waals surface area contributed by atoms with Gasteiger partial charge in [-0.2, -0.15) is 5.26 Å². The lowest BCUT2D eigenvalue weighted by Crippen LogP contribution is -1.94. The molecule has 0 spiro atoms. The van der Waals surface area contributed by atoms with E-state index in [1.54, 1.807) is 18.2 Å². The highest BCUT2D eigenvalue weighted by atomic mass is 19.1. The Morgan fingerprint density at radius 1 is 1.57 bits per heavy atom. The predicted molar refractivity (Wildman–Crippen MR) is 51.0 cm³/mol. The number of nitrogens with zero attached hydrogens (tertiary/aromatic N) is 1. The zero-order chi connectivity index (χ0) is 10.4. The maximum atomic E-state index is 12.9. The third kappa shape index (κ3) is 2.68. The zero-order valence-corrected chi connectivity index (χ0v) is 7.66. The van der Waals surface area contributed by atoms with Gasteiger partial charge in [0.15, 0.2) is 0 Å². The second-order valence-electron chi connectivity index (χ2n) is 2.73. The van der Waals surface area contributed by atoms with E-state index in [-0.39, 0.29) is 5.56 Å². The molecule has 0 aliphatic heterocycles. The van der Waals surface area contributed by atoms with Crippen LogP contribution in [0, 0.1) is 17.1 Å². The van der Waals surface area contributed by atoms with Crippen LogP contribution in [0.4, 0.5) is 4.39 Å². The highest BCUT2D eigenvalue weighted by molar-refractivity contribution is 5.34. The van der Waals surface area contributed by atoms with E-state index < -0.39 is 5.82 Å². The number of hydrogen-bond acceptors (Lipinski definition) is 2. The van der Waals surface area contributed by atoms with Crippen LogP contribution < -0.4 is 0 Å². The minimum atomic E-state index is -0.500. The van der Waals surface area contributed by atoms with Crippen molar-refractivity contribution in [1.29, 1.82) is 5.26 Å². The Labute approximate surface area is 82.2 Å². The Hall–Kier alpha value is -1.66. The number of rotatable bonds is 4. The second-order valence-corrected chi connectivity index (χ2v) is 2.73. The number of benzene rings is 1. The Kier molecular flexibility index (Phi) is 3.84. The Balaban J connectivity index is 2.70. The van der Waals surface area contributed by atoms with Gasteiger partial charge in [0.25, 0.3) is 0 Å². The quantitative estimate of drug-likeness (QED) is 0.540. The number of hydrogen-bond donors (Lipinski definition) is 0. The molecule has 0 atom stereocenters. The van der Waals surface area contributed by atoms with Crippen molar-refractivity contribution in [2.24, 2.45) is 0 Å². The second kappa shape index (κ2) is 5.15. The van der Waals surface area contributed by atoms with E-state index in [0.29, 0.717) is 13.2 Å². The molecular formula is C11H10FNO. The van der Waals surface area contributed by atoms with Gasteiger partial charge in [0.1, 0.15) is 11.9 Å². The van der Waals surface area contributed by atoms with Crippen molar-refractivity contribution in [1.82, 2.24) is 0 Å². The van der Waals surface area contributed by atoms with Crippen LogP contribution in [-0.4, -0.2) is 6.61 Å². The third-order valence-electron chi connectivity index (χ3n) is 1.66. The van der Waals surface area contributed by atoms with Crippen molar-refractivity contribution >= 4 is 0 Å². The van der Waals surface area contributed by atoms with Gasteiger partial charge in [0, 0.05) is 0 Å². The molecular weight excluding hydrogens is 181 g/mol. The molecule has 1 aromatic rings. The molecule has 0 N–H and O–H groups in total. The number of nitriles is 1. The SMILES string of the molecule is C=CCOCc1ccc(F)c(C#N)c1. The largest absolute Gasteiger partial charge is 0.373 e. The number of halogens is 1. The summed E-state index contributed by atoms with van der Waals surface area (Å²) in [5.74, 6) is -0.500. The lowest BCUT2D eigenvalue weighted by Gasteiger charge is -2.02. The molecule has 0 aliphatic carbocycles. The first-order valence-electron chi connectivity index (χ1n) is 4.15. The normalized spacial score (nSPS) is 9.43. The van der Waals surface area contributed by atoms with Gasteiger partial charge in [0.05, 0.1) is 18.8 Å². The van der Waals surface area contributed by atoms with Gasteiger partial charge >= 0.3 is 0 Å². The molecule has 0 saturated carbocycles. The average Bonchev–Trinajstić information content (AvgIpc) is 2.21. The maximum Gasteiger partial charge on any atom is 0.140 e. The van der Waals surface area contributed by atoms with Crippen LogP contribution in [0.2, 0.25) is 0 Å². The fraction of sp³-hybridized carbons (Fsp3) is 0.182. The molecule has 0 unspecified atom stereocenters. The van der Waals surface area contributed by atoms with Crippen molar-refractivity contribution in [2.75, 3.05) is 6.61 Å². The summed E-state index contributed by atoms with van der Waals surface area (Å²) in [5, 5.41) is 8.57. The van der Waals surface area contributed by atoms with Crippen LogP contribution in [0.1, 0.15) is 11.1 Å². The topological polar surface area (TPSA) is 33.0 Å². The summed E-state index contributed by atoms with van der Waals surface area (Å²) in [6.45, 7) is 4.31. The van der Waals surface area contributed by atoms with E-state index in [2.05, 4.69) is 6.58 Å². The maximum absolute atomic E-state index is 12.9.